The van der Waals surface area contributed by atoms with Gasteiger partial charge in [0.1, 0.15) is 5.75 Å². The van der Waals surface area contributed by atoms with Crippen LogP contribution in [0.3, 0.4) is 0 Å². The van der Waals surface area contributed by atoms with Crippen LogP contribution in [-0.2, 0) is 4.74 Å². The quantitative estimate of drug-likeness (QED) is 0.627. The van der Waals surface area contributed by atoms with E-state index < -0.39 is 5.97 Å². The number of aromatic nitrogens is 2. The number of nitrogens with zero attached hydrogens (tertiary/aromatic N) is 2. The van der Waals surface area contributed by atoms with Crippen LogP contribution in [0.25, 0.3) is 22.3 Å². The lowest BCUT2D eigenvalue weighted by atomic mass is 10.1. The van der Waals surface area contributed by atoms with Crippen molar-refractivity contribution in [2.24, 2.45) is 0 Å². The Morgan fingerprint density at radius 3 is 2.71 bits per heavy atom. The second-order valence-electron chi connectivity index (χ2n) is 5.01. The Bertz CT molecular complexity index is 912. The average Bonchev–Trinajstić information content (AvgIpc) is 2.60. The first kappa shape index (κ1) is 16.4. The number of fused-ring (bicyclic) bond motifs is 1. The highest BCUT2D eigenvalue weighted by Gasteiger charge is 2.17. The number of ether oxygens (including phenoxy) is 2. The van der Waals surface area contributed by atoms with Crippen LogP contribution in [-0.4, -0.2) is 29.7 Å². The van der Waals surface area contributed by atoms with Gasteiger partial charge in [-0.3, -0.25) is 0 Å². The third kappa shape index (κ3) is 3.23. The van der Waals surface area contributed by atoms with E-state index in [4.69, 9.17) is 9.47 Å². The number of esters is 1. The Balaban J connectivity index is 2.24. The molecule has 2 aromatic carbocycles. The van der Waals surface area contributed by atoms with Gasteiger partial charge in [0.15, 0.2) is 11.5 Å². The Morgan fingerprint density at radius 1 is 1.17 bits per heavy atom. The maximum Gasteiger partial charge on any atom is 0.357 e. The largest absolute Gasteiger partial charge is 0.497 e. The number of methoxy groups -OCH3 is 1. The molecule has 0 saturated carbocycles. The Kier molecular flexibility index (Phi) is 4.76. The van der Waals surface area contributed by atoms with Crippen molar-refractivity contribution in [1.29, 1.82) is 0 Å². The topological polar surface area (TPSA) is 61.3 Å². The van der Waals surface area contributed by atoms with Crippen molar-refractivity contribution in [3.8, 4) is 17.1 Å². The van der Waals surface area contributed by atoms with Gasteiger partial charge < -0.3 is 9.47 Å². The molecule has 3 aromatic rings. The molecule has 1 heterocycles. The molecule has 0 bridgehead atoms. The molecule has 0 radical (unpaired) electrons. The fraction of sp³-hybridized carbons (Fsp3) is 0.167. The molecule has 0 atom stereocenters. The van der Waals surface area contributed by atoms with Crippen molar-refractivity contribution in [3.05, 3.63) is 52.6 Å². The van der Waals surface area contributed by atoms with Gasteiger partial charge in [0.2, 0.25) is 0 Å². The zero-order valence-corrected chi connectivity index (χ0v) is 14.8. The summed E-state index contributed by atoms with van der Waals surface area (Å²) in [7, 11) is 1.57. The maximum absolute atomic E-state index is 12.3. The molecule has 0 aliphatic rings. The lowest BCUT2D eigenvalue weighted by molar-refractivity contribution is 0.0522. The summed E-state index contributed by atoms with van der Waals surface area (Å²) in [5.74, 6) is 0.623. The van der Waals surface area contributed by atoms with E-state index in [1.165, 1.54) is 0 Å². The van der Waals surface area contributed by atoms with Gasteiger partial charge in [0.25, 0.3) is 0 Å². The SMILES string of the molecule is CCOC(=O)c1nc(-c2cccc(Br)c2)nc2ccc(OC)cc12. The first-order valence-electron chi connectivity index (χ1n) is 7.41. The second-order valence-corrected chi connectivity index (χ2v) is 5.93. The molecule has 24 heavy (non-hydrogen) atoms. The van der Waals surface area contributed by atoms with Crippen LogP contribution in [0.2, 0.25) is 0 Å². The van der Waals surface area contributed by atoms with E-state index in [1.807, 2.05) is 24.3 Å². The zero-order valence-electron chi connectivity index (χ0n) is 13.2. The van der Waals surface area contributed by atoms with E-state index in [0.29, 0.717) is 22.5 Å². The maximum atomic E-state index is 12.3. The molecule has 122 valence electrons. The second kappa shape index (κ2) is 6.97. The number of carbonyl (C=O) groups is 1. The summed E-state index contributed by atoms with van der Waals surface area (Å²) in [6, 6.07) is 13.0. The molecule has 0 unspecified atom stereocenters. The monoisotopic (exact) mass is 386 g/mol. The van der Waals surface area contributed by atoms with Crippen molar-refractivity contribution in [1.82, 2.24) is 9.97 Å². The smallest absolute Gasteiger partial charge is 0.357 e. The summed E-state index contributed by atoms with van der Waals surface area (Å²) in [6.07, 6.45) is 0. The lowest BCUT2D eigenvalue weighted by Crippen LogP contribution is -2.10. The van der Waals surface area contributed by atoms with E-state index in [0.717, 1.165) is 10.0 Å². The molecule has 0 amide bonds. The molecule has 0 spiro atoms. The van der Waals surface area contributed by atoms with Gasteiger partial charge in [-0.15, -0.1) is 0 Å². The lowest BCUT2D eigenvalue weighted by Gasteiger charge is -2.10. The molecule has 0 N–H and O–H groups in total. The van der Waals surface area contributed by atoms with E-state index in [-0.39, 0.29) is 12.3 Å². The molecule has 0 fully saturated rings. The first-order chi connectivity index (χ1) is 11.6. The molecule has 6 heteroatoms. The summed E-state index contributed by atoms with van der Waals surface area (Å²) in [5, 5.41) is 0.603. The fourth-order valence-electron chi connectivity index (χ4n) is 2.35. The Labute approximate surface area is 147 Å². The summed E-state index contributed by atoms with van der Waals surface area (Å²) < 4.78 is 11.3. The molecule has 1 aromatic heterocycles. The molecule has 3 rings (SSSR count). The highest BCUT2D eigenvalue weighted by Crippen LogP contribution is 2.27. The van der Waals surface area contributed by atoms with Crippen LogP contribution >= 0.6 is 15.9 Å². The van der Waals surface area contributed by atoms with Gasteiger partial charge in [0, 0.05) is 15.4 Å². The van der Waals surface area contributed by atoms with Crippen molar-refractivity contribution >= 4 is 32.8 Å². The zero-order chi connectivity index (χ0) is 17.1. The fourth-order valence-corrected chi connectivity index (χ4v) is 2.75. The third-order valence-electron chi connectivity index (χ3n) is 3.45. The number of halogens is 1. The van der Waals surface area contributed by atoms with Crippen molar-refractivity contribution < 1.29 is 14.3 Å². The van der Waals surface area contributed by atoms with Crippen molar-refractivity contribution in [2.45, 2.75) is 6.92 Å². The predicted molar refractivity (Wildman–Crippen MR) is 95.2 cm³/mol. The normalized spacial score (nSPS) is 10.6. The van der Waals surface area contributed by atoms with E-state index in [2.05, 4.69) is 25.9 Å². The van der Waals surface area contributed by atoms with Crippen LogP contribution in [0.1, 0.15) is 17.4 Å². The number of benzene rings is 2. The van der Waals surface area contributed by atoms with E-state index in [1.54, 1.807) is 32.2 Å². The van der Waals surface area contributed by atoms with E-state index in [9.17, 15) is 4.79 Å². The summed E-state index contributed by atoms with van der Waals surface area (Å²) in [6.45, 7) is 2.04. The minimum atomic E-state index is -0.477. The molecule has 0 saturated heterocycles. The highest BCUT2D eigenvalue weighted by molar-refractivity contribution is 9.10. The Morgan fingerprint density at radius 2 is 2.00 bits per heavy atom. The molecular formula is C18H15BrN2O3. The number of hydrogen-bond donors (Lipinski definition) is 0. The number of hydrogen-bond acceptors (Lipinski definition) is 5. The van der Waals surface area contributed by atoms with Gasteiger partial charge in [-0.1, -0.05) is 28.1 Å². The standard InChI is InChI=1S/C18H15BrN2O3/c1-3-24-18(22)16-14-10-13(23-2)7-8-15(14)20-17(21-16)11-5-4-6-12(19)9-11/h4-10H,3H2,1-2H3. The van der Waals surface area contributed by atoms with Gasteiger partial charge >= 0.3 is 5.97 Å². The summed E-state index contributed by atoms with van der Waals surface area (Å²) >= 11 is 3.44. The number of rotatable bonds is 4. The molecule has 0 aliphatic carbocycles. The van der Waals surface area contributed by atoms with Gasteiger partial charge in [0.05, 0.1) is 19.2 Å². The van der Waals surface area contributed by atoms with Gasteiger partial charge in [-0.25, -0.2) is 14.8 Å². The average molecular weight is 387 g/mol. The first-order valence-corrected chi connectivity index (χ1v) is 8.20. The van der Waals surface area contributed by atoms with Crippen LogP contribution in [0.4, 0.5) is 0 Å². The molecule has 0 aliphatic heterocycles. The van der Waals surface area contributed by atoms with E-state index >= 15 is 0 Å². The van der Waals surface area contributed by atoms with Crippen LogP contribution < -0.4 is 4.74 Å². The summed E-state index contributed by atoms with van der Waals surface area (Å²) in [4.78, 5) is 21.4. The predicted octanol–water partition coefficient (Wildman–Crippen LogP) is 4.24. The van der Waals surface area contributed by atoms with Gasteiger partial charge in [-0.05, 0) is 37.3 Å². The van der Waals surface area contributed by atoms with Crippen LogP contribution in [0, 0.1) is 0 Å². The highest BCUT2D eigenvalue weighted by atomic mass is 79.9. The van der Waals surface area contributed by atoms with Crippen molar-refractivity contribution in [2.75, 3.05) is 13.7 Å². The third-order valence-corrected chi connectivity index (χ3v) is 3.95. The van der Waals surface area contributed by atoms with Crippen molar-refractivity contribution in [3.63, 3.8) is 0 Å². The number of carbonyl (C=O) groups excluding carboxylic acids is 1. The Hall–Kier alpha value is -2.47. The van der Waals surface area contributed by atoms with Crippen LogP contribution in [0.5, 0.6) is 5.75 Å². The molecule has 5 nitrogen and oxygen atoms in total. The summed E-state index contributed by atoms with van der Waals surface area (Å²) in [5.41, 5.74) is 1.70. The van der Waals surface area contributed by atoms with Gasteiger partial charge in [-0.2, -0.15) is 0 Å². The minimum Gasteiger partial charge on any atom is -0.497 e. The molecular weight excluding hydrogens is 372 g/mol. The van der Waals surface area contributed by atoms with Crippen LogP contribution in [0.15, 0.2) is 46.9 Å². The minimum absolute atomic E-state index is 0.232.